The monoisotopic (exact) mass is 345 g/mol. The minimum atomic E-state index is 0.0419. The van der Waals surface area contributed by atoms with Crippen molar-refractivity contribution < 1.29 is 0 Å². The SMILES string of the molecule is CC(C)CC1C(N)NNC1c1cccc(I)c1. The van der Waals surface area contributed by atoms with Crippen LogP contribution in [0.25, 0.3) is 0 Å². The molecule has 0 aliphatic carbocycles. The summed E-state index contributed by atoms with van der Waals surface area (Å²) < 4.78 is 1.27. The third-order valence-electron chi connectivity index (χ3n) is 3.25. The molecule has 0 saturated carbocycles. The minimum Gasteiger partial charge on any atom is -0.315 e. The first-order valence-corrected chi connectivity index (χ1v) is 7.18. The molecule has 4 N–H and O–H groups in total. The maximum Gasteiger partial charge on any atom is 0.0726 e. The average molecular weight is 345 g/mol. The number of hydrogen-bond acceptors (Lipinski definition) is 3. The Hall–Kier alpha value is -0.170. The van der Waals surface area contributed by atoms with Crippen molar-refractivity contribution in [1.29, 1.82) is 0 Å². The van der Waals surface area contributed by atoms with Crippen LogP contribution in [-0.2, 0) is 0 Å². The molecule has 1 aromatic carbocycles. The van der Waals surface area contributed by atoms with Crippen molar-refractivity contribution in [2.24, 2.45) is 17.6 Å². The number of nitrogens with two attached hydrogens (primary N) is 1. The fourth-order valence-corrected chi connectivity index (χ4v) is 3.03. The van der Waals surface area contributed by atoms with Crippen molar-refractivity contribution in [3.05, 3.63) is 33.4 Å². The van der Waals surface area contributed by atoms with Gasteiger partial charge in [0, 0.05) is 9.49 Å². The summed E-state index contributed by atoms with van der Waals surface area (Å²) in [5.74, 6) is 1.12. The Morgan fingerprint density at radius 2 is 2.12 bits per heavy atom. The maximum absolute atomic E-state index is 6.12. The van der Waals surface area contributed by atoms with Gasteiger partial charge in [0.15, 0.2) is 0 Å². The number of benzene rings is 1. The van der Waals surface area contributed by atoms with E-state index in [9.17, 15) is 0 Å². The second-order valence-electron chi connectivity index (χ2n) is 5.14. The van der Waals surface area contributed by atoms with E-state index >= 15 is 0 Å². The van der Waals surface area contributed by atoms with Gasteiger partial charge in [-0.25, -0.2) is 10.9 Å². The predicted octanol–water partition coefficient (Wildman–Crippen LogP) is 2.39. The fourth-order valence-electron chi connectivity index (χ4n) is 2.47. The van der Waals surface area contributed by atoms with Crippen LogP contribution in [-0.4, -0.2) is 6.17 Å². The Morgan fingerprint density at radius 1 is 1.35 bits per heavy atom. The third kappa shape index (κ3) is 3.19. The number of rotatable bonds is 3. The highest BCUT2D eigenvalue weighted by atomic mass is 127. The lowest BCUT2D eigenvalue weighted by Gasteiger charge is -2.23. The van der Waals surface area contributed by atoms with Gasteiger partial charge in [0.25, 0.3) is 0 Å². The number of nitrogens with one attached hydrogen (secondary N) is 2. The number of hydrazine groups is 1. The lowest BCUT2D eigenvalue weighted by molar-refractivity contribution is 0.344. The molecule has 0 spiro atoms. The Bertz CT molecular complexity index is 381. The second-order valence-corrected chi connectivity index (χ2v) is 6.39. The van der Waals surface area contributed by atoms with E-state index in [1.165, 1.54) is 9.13 Å². The number of hydrogen-bond donors (Lipinski definition) is 3. The Balaban J connectivity index is 2.19. The van der Waals surface area contributed by atoms with E-state index in [4.69, 9.17) is 5.73 Å². The summed E-state index contributed by atoms with van der Waals surface area (Å²) >= 11 is 2.35. The van der Waals surface area contributed by atoms with Gasteiger partial charge in [-0.15, -0.1) is 0 Å². The summed E-state index contributed by atoms with van der Waals surface area (Å²) in [5.41, 5.74) is 13.9. The Labute approximate surface area is 117 Å². The van der Waals surface area contributed by atoms with Crippen molar-refractivity contribution in [3.8, 4) is 0 Å². The van der Waals surface area contributed by atoms with Gasteiger partial charge in [0.05, 0.1) is 12.2 Å². The zero-order valence-electron chi connectivity index (χ0n) is 10.3. The molecule has 1 fully saturated rings. The van der Waals surface area contributed by atoms with Crippen molar-refractivity contribution in [2.75, 3.05) is 0 Å². The van der Waals surface area contributed by atoms with Gasteiger partial charge in [0.1, 0.15) is 0 Å². The van der Waals surface area contributed by atoms with Crippen LogP contribution in [0.15, 0.2) is 24.3 Å². The van der Waals surface area contributed by atoms with Gasteiger partial charge in [-0.05, 0) is 52.6 Å². The van der Waals surface area contributed by atoms with E-state index in [0.29, 0.717) is 17.9 Å². The van der Waals surface area contributed by atoms with Crippen LogP contribution in [0.1, 0.15) is 31.9 Å². The molecule has 3 nitrogen and oxygen atoms in total. The van der Waals surface area contributed by atoms with Crippen LogP contribution < -0.4 is 16.6 Å². The molecule has 94 valence electrons. The highest BCUT2D eigenvalue weighted by Crippen LogP contribution is 2.32. The zero-order chi connectivity index (χ0) is 12.4. The van der Waals surface area contributed by atoms with Gasteiger partial charge in [0.2, 0.25) is 0 Å². The lowest BCUT2D eigenvalue weighted by atomic mass is 9.86. The molecule has 0 bridgehead atoms. The van der Waals surface area contributed by atoms with Crippen LogP contribution in [0, 0.1) is 15.4 Å². The summed E-state index contributed by atoms with van der Waals surface area (Å²) in [6.45, 7) is 4.49. The molecule has 3 unspecified atom stereocenters. The minimum absolute atomic E-state index is 0.0419. The second kappa shape index (κ2) is 5.65. The van der Waals surface area contributed by atoms with E-state index < -0.39 is 0 Å². The largest absolute Gasteiger partial charge is 0.315 e. The van der Waals surface area contributed by atoms with Crippen molar-refractivity contribution in [1.82, 2.24) is 10.9 Å². The Morgan fingerprint density at radius 3 is 2.76 bits per heavy atom. The van der Waals surface area contributed by atoms with E-state index in [2.05, 4.69) is 71.6 Å². The molecule has 1 aliphatic heterocycles. The average Bonchev–Trinajstić information content (AvgIpc) is 2.60. The molecule has 1 heterocycles. The van der Waals surface area contributed by atoms with E-state index in [0.717, 1.165) is 6.42 Å². The van der Waals surface area contributed by atoms with Gasteiger partial charge < -0.3 is 5.73 Å². The molecule has 17 heavy (non-hydrogen) atoms. The highest BCUT2D eigenvalue weighted by Gasteiger charge is 2.34. The molecule has 1 aromatic rings. The maximum atomic E-state index is 6.12. The molecule has 0 radical (unpaired) electrons. The van der Waals surface area contributed by atoms with E-state index in [1.54, 1.807) is 0 Å². The Kier molecular flexibility index (Phi) is 4.41. The smallest absolute Gasteiger partial charge is 0.0726 e. The molecule has 4 heteroatoms. The molecule has 0 aromatic heterocycles. The lowest BCUT2D eigenvalue weighted by Crippen LogP contribution is -2.39. The van der Waals surface area contributed by atoms with Crippen LogP contribution >= 0.6 is 22.6 Å². The standard InChI is InChI=1S/C13H20IN3/c1-8(2)6-11-12(16-17-13(11)15)9-4-3-5-10(14)7-9/h3-5,7-8,11-13,16-17H,6,15H2,1-2H3. The molecular formula is C13H20IN3. The zero-order valence-corrected chi connectivity index (χ0v) is 12.4. The molecule has 1 aliphatic rings. The molecule has 2 rings (SSSR count). The van der Waals surface area contributed by atoms with Crippen LogP contribution in [0.5, 0.6) is 0 Å². The molecule has 3 atom stereocenters. The van der Waals surface area contributed by atoms with Crippen molar-refractivity contribution in [3.63, 3.8) is 0 Å². The normalized spacial score (nSPS) is 28.9. The topological polar surface area (TPSA) is 50.1 Å². The van der Waals surface area contributed by atoms with Crippen LogP contribution in [0.3, 0.4) is 0 Å². The first kappa shape index (κ1) is 13.3. The first-order chi connectivity index (χ1) is 8.08. The fraction of sp³-hybridized carbons (Fsp3) is 0.538. The summed E-state index contributed by atoms with van der Waals surface area (Å²) in [5, 5.41) is 0. The summed E-state index contributed by atoms with van der Waals surface area (Å²) in [6.07, 6.45) is 1.18. The highest BCUT2D eigenvalue weighted by molar-refractivity contribution is 14.1. The summed E-state index contributed by atoms with van der Waals surface area (Å²) in [7, 11) is 0. The first-order valence-electron chi connectivity index (χ1n) is 6.10. The van der Waals surface area contributed by atoms with E-state index in [-0.39, 0.29) is 6.17 Å². The number of halogens is 1. The predicted molar refractivity (Wildman–Crippen MR) is 79.1 cm³/mol. The molecule has 1 saturated heterocycles. The summed E-state index contributed by atoms with van der Waals surface area (Å²) in [4.78, 5) is 0. The quantitative estimate of drug-likeness (QED) is 0.738. The van der Waals surface area contributed by atoms with Gasteiger partial charge >= 0.3 is 0 Å². The molecule has 0 amide bonds. The van der Waals surface area contributed by atoms with Crippen LogP contribution in [0.2, 0.25) is 0 Å². The summed E-state index contributed by atoms with van der Waals surface area (Å²) in [6, 6.07) is 8.94. The third-order valence-corrected chi connectivity index (χ3v) is 3.92. The van der Waals surface area contributed by atoms with Gasteiger partial charge in [-0.1, -0.05) is 26.0 Å². The van der Waals surface area contributed by atoms with Crippen LogP contribution in [0.4, 0.5) is 0 Å². The van der Waals surface area contributed by atoms with Crippen molar-refractivity contribution in [2.45, 2.75) is 32.5 Å². The van der Waals surface area contributed by atoms with Gasteiger partial charge in [-0.3, -0.25) is 0 Å². The molecular weight excluding hydrogens is 325 g/mol. The van der Waals surface area contributed by atoms with Crippen molar-refractivity contribution >= 4 is 22.6 Å². The van der Waals surface area contributed by atoms with Gasteiger partial charge in [-0.2, -0.15) is 0 Å². The van der Waals surface area contributed by atoms with E-state index in [1.807, 2.05) is 0 Å².